The van der Waals surface area contributed by atoms with Gasteiger partial charge in [0.2, 0.25) is 0 Å². The lowest BCUT2D eigenvalue weighted by Gasteiger charge is -2.32. The van der Waals surface area contributed by atoms with Crippen molar-refractivity contribution >= 4 is 23.5 Å². The molecule has 3 rings (SSSR count). The standard InChI is InChI=1S/C23H26ClF3N2O2/c1-16-20(12-28-21(16)5-2-10-24)22(30)14-29-11-3-4-17(13-29)15-31-19-8-6-18(7-9-19)23(25,26)27/h2,5-9,12,17,28H,3-4,10-11,13-15H2,1H3/b5-2-. The predicted octanol–water partition coefficient (Wildman–Crippen LogP) is 5.57. The first-order chi connectivity index (χ1) is 14.8. The highest BCUT2D eigenvalue weighted by Crippen LogP contribution is 2.30. The molecule has 2 aromatic rings. The van der Waals surface area contributed by atoms with Gasteiger partial charge in [0, 0.05) is 35.8 Å². The number of carbonyl (C=O) groups excluding carboxylic acids is 1. The molecule has 31 heavy (non-hydrogen) atoms. The maximum Gasteiger partial charge on any atom is 0.416 e. The van der Waals surface area contributed by atoms with Crippen molar-refractivity contribution in [3.05, 3.63) is 58.9 Å². The fourth-order valence-electron chi connectivity index (χ4n) is 3.81. The lowest BCUT2D eigenvalue weighted by molar-refractivity contribution is -0.137. The van der Waals surface area contributed by atoms with Crippen molar-refractivity contribution in [2.24, 2.45) is 5.92 Å². The lowest BCUT2D eigenvalue weighted by Crippen LogP contribution is -2.40. The molecule has 1 fully saturated rings. The first kappa shape index (κ1) is 23.4. The number of ether oxygens (including phenoxy) is 1. The van der Waals surface area contributed by atoms with Crippen LogP contribution >= 0.6 is 11.6 Å². The summed E-state index contributed by atoms with van der Waals surface area (Å²) in [6, 6.07) is 4.74. The van der Waals surface area contributed by atoms with E-state index in [1.165, 1.54) is 12.1 Å². The van der Waals surface area contributed by atoms with E-state index in [0.717, 1.165) is 49.3 Å². The number of piperidine rings is 1. The third-order valence-electron chi connectivity index (χ3n) is 5.49. The maximum absolute atomic E-state index is 12.8. The zero-order valence-electron chi connectivity index (χ0n) is 17.3. The Bertz CT molecular complexity index is 907. The molecule has 1 aliphatic rings. The first-order valence-electron chi connectivity index (χ1n) is 10.2. The molecule has 8 heteroatoms. The van der Waals surface area contributed by atoms with Crippen LogP contribution in [-0.2, 0) is 6.18 Å². The van der Waals surface area contributed by atoms with E-state index < -0.39 is 11.7 Å². The third-order valence-corrected chi connectivity index (χ3v) is 5.67. The number of nitrogens with zero attached hydrogens (tertiary/aromatic N) is 1. The number of aromatic nitrogens is 1. The lowest BCUT2D eigenvalue weighted by atomic mass is 9.98. The number of rotatable bonds is 8. The maximum atomic E-state index is 12.8. The van der Waals surface area contributed by atoms with Gasteiger partial charge in [0.25, 0.3) is 0 Å². The quantitative estimate of drug-likeness (QED) is 0.419. The SMILES string of the molecule is Cc1c(C(=O)CN2CCCC(COc3ccc(C(F)(F)F)cc3)C2)c[nH]c1/C=C\CCl. The number of likely N-dealkylation sites (tertiary alicyclic amines) is 1. The topological polar surface area (TPSA) is 45.3 Å². The number of Topliss-reactive ketones (excluding diaryl/α,β-unsaturated/α-hetero) is 1. The van der Waals surface area contributed by atoms with Gasteiger partial charge in [-0.15, -0.1) is 11.6 Å². The minimum atomic E-state index is -4.35. The number of hydrogen-bond acceptors (Lipinski definition) is 3. The molecule has 1 N–H and O–H groups in total. The summed E-state index contributed by atoms with van der Waals surface area (Å²) in [5.74, 6) is 1.11. The summed E-state index contributed by atoms with van der Waals surface area (Å²) in [5.41, 5.74) is 1.77. The van der Waals surface area contributed by atoms with E-state index in [1.807, 2.05) is 19.1 Å². The first-order valence-corrected chi connectivity index (χ1v) is 10.8. The summed E-state index contributed by atoms with van der Waals surface area (Å²) in [4.78, 5) is 18.0. The number of alkyl halides is 4. The van der Waals surface area contributed by atoms with Crippen LogP contribution in [0.5, 0.6) is 5.75 Å². The summed E-state index contributed by atoms with van der Waals surface area (Å²) in [6.07, 6.45) is 2.98. The van der Waals surface area contributed by atoms with Crippen LogP contribution < -0.4 is 4.74 Å². The molecule has 0 aliphatic carbocycles. The average Bonchev–Trinajstić information content (AvgIpc) is 3.11. The molecule has 0 spiro atoms. The summed E-state index contributed by atoms with van der Waals surface area (Å²) in [5, 5.41) is 0. The highest BCUT2D eigenvalue weighted by molar-refractivity contribution is 6.19. The fourth-order valence-corrected chi connectivity index (χ4v) is 3.90. The number of nitrogens with one attached hydrogen (secondary N) is 1. The van der Waals surface area contributed by atoms with Gasteiger partial charge in [0.05, 0.1) is 18.7 Å². The normalized spacial score (nSPS) is 17.9. The van der Waals surface area contributed by atoms with Gasteiger partial charge in [-0.2, -0.15) is 13.2 Å². The van der Waals surface area contributed by atoms with Crippen molar-refractivity contribution in [2.45, 2.75) is 25.9 Å². The number of H-pyrrole nitrogens is 1. The van der Waals surface area contributed by atoms with Gasteiger partial charge in [-0.3, -0.25) is 9.69 Å². The van der Waals surface area contributed by atoms with Gasteiger partial charge in [-0.05, 0) is 62.2 Å². The average molecular weight is 455 g/mol. The Morgan fingerprint density at radius 1 is 1.32 bits per heavy atom. The Balaban J connectivity index is 1.52. The van der Waals surface area contributed by atoms with Crippen LogP contribution in [0, 0.1) is 12.8 Å². The van der Waals surface area contributed by atoms with E-state index in [-0.39, 0.29) is 11.7 Å². The van der Waals surface area contributed by atoms with E-state index in [4.69, 9.17) is 16.3 Å². The van der Waals surface area contributed by atoms with E-state index in [9.17, 15) is 18.0 Å². The zero-order valence-corrected chi connectivity index (χ0v) is 18.1. The van der Waals surface area contributed by atoms with Crippen LogP contribution in [0.25, 0.3) is 6.08 Å². The fraction of sp³-hybridized carbons (Fsp3) is 0.435. The second kappa shape index (κ2) is 10.4. The number of carbonyl (C=O) groups is 1. The minimum absolute atomic E-state index is 0.0589. The molecular weight excluding hydrogens is 429 g/mol. The Morgan fingerprint density at radius 3 is 2.74 bits per heavy atom. The van der Waals surface area contributed by atoms with Crippen LogP contribution in [0.15, 0.2) is 36.5 Å². The second-order valence-electron chi connectivity index (χ2n) is 7.80. The highest BCUT2D eigenvalue weighted by Gasteiger charge is 2.30. The van der Waals surface area contributed by atoms with Gasteiger partial charge < -0.3 is 9.72 Å². The van der Waals surface area contributed by atoms with Crippen molar-refractivity contribution in [1.29, 1.82) is 0 Å². The predicted molar refractivity (Wildman–Crippen MR) is 116 cm³/mol. The summed E-state index contributed by atoms with van der Waals surface area (Å²) in [6.45, 7) is 4.20. The van der Waals surface area contributed by atoms with Crippen molar-refractivity contribution in [1.82, 2.24) is 9.88 Å². The van der Waals surface area contributed by atoms with Crippen LogP contribution in [-0.4, -0.2) is 47.8 Å². The Morgan fingerprint density at radius 2 is 2.06 bits per heavy atom. The van der Waals surface area contributed by atoms with Crippen LogP contribution in [0.1, 0.15) is 40.0 Å². The van der Waals surface area contributed by atoms with Crippen molar-refractivity contribution in [2.75, 3.05) is 32.1 Å². The molecule has 1 aliphatic heterocycles. The molecule has 1 aromatic carbocycles. The number of hydrogen-bond donors (Lipinski definition) is 1. The molecule has 1 unspecified atom stereocenters. The summed E-state index contributed by atoms with van der Waals surface area (Å²) >= 11 is 5.68. The molecule has 0 saturated carbocycles. The Labute approximate surface area is 185 Å². The molecule has 0 amide bonds. The molecule has 1 atom stereocenters. The van der Waals surface area contributed by atoms with Crippen LogP contribution in [0.4, 0.5) is 13.2 Å². The van der Waals surface area contributed by atoms with Gasteiger partial charge in [0.1, 0.15) is 5.75 Å². The number of ketones is 1. The van der Waals surface area contributed by atoms with E-state index in [2.05, 4.69) is 9.88 Å². The summed E-state index contributed by atoms with van der Waals surface area (Å²) in [7, 11) is 0. The van der Waals surface area contributed by atoms with E-state index >= 15 is 0 Å². The molecule has 0 bridgehead atoms. The van der Waals surface area contributed by atoms with Crippen LogP contribution in [0.2, 0.25) is 0 Å². The van der Waals surface area contributed by atoms with Crippen molar-refractivity contribution < 1.29 is 22.7 Å². The van der Waals surface area contributed by atoms with Gasteiger partial charge in [0.15, 0.2) is 5.78 Å². The molecule has 2 heterocycles. The molecule has 1 aromatic heterocycles. The Kier molecular flexibility index (Phi) is 7.84. The molecule has 168 valence electrons. The van der Waals surface area contributed by atoms with Gasteiger partial charge in [-0.1, -0.05) is 6.08 Å². The molecule has 1 saturated heterocycles. The number of aromatic amines is 1. The second-order valence-corrected chi connectivity index (χ2v) is 8.11. The highest BCUT2D eigenvalue weighted by atomic mass is 35.5. The van der Waals surface area contributed by atoms with Gasteiger partial charge >= 0.3 is 6.18 Å². The number of halogens is 4. The number of benzene rings is 1. The molecular formula is C23H26ClF3N2O2. The number of allylic oxidation sites excluding steroid dienone is 1. The third kappa shape index (κ3) is 6.37. The smallest absolute Gasteiger partial charge is 0.416 e. The zero-order chi connectivity index (χ0) is 22.4. The van der Waals surface area contributed by atoms with Crippen molar-refractivity contribution in [3.63, 3.8) is 0 Å². The molecule has 4 nitrogen and oxygen atoms in total. The Hall–Kier alpha value is -2.25. The van der Waals surface area contributed by atoms with Gasteiger partial charge in [-0.25, -0.2) is 0 Å². The van der Waals surface area contributed by atoms with E-state index in [0.29, 0.717) is 30.3 Å². The molecule has 0 radical (unpaired) electrons. The summed E-state index contributed by atoms with van der Waals surface area (Å²) < 4.78 is 43.7. The monoisotopic (exact) mass is 454 g/mol. The van der Waals surface area contributed by atoms with Crippen molar-refractivity contribution in [3.8, 4) is 5.75 Å². The van der Waals surface area contributed by atoms with E-state index in [1.54, 1.807) is 6.20 Å². The van der Waals surface area contributed by atoms with Crippen LogP contribution in [0.3, 0.4) is 0 Å². The minimum Gasteiger partial charge on any atom is -0.493 e. The largest absolute Gasteiger partial charge is 0.493 e.